The van der Waals surface area contributed by atoms with Crippen LogP contribution in [0.3, 0.4) is 0 Å². The molecule has 0 spiro atoms. The predicted octanol–water partition coefficient (Wildman–Crippen LogP) is 5.40. The molecule has 0 amide bonds. The van der Waals surface area contributed by atoms with Gasteiger partial charge in [0.2, 0.25) is 0 Å². The number of nitrogens with one attached hydrogen (secondary N) is 2. The Bertz CT molecular complexity index is 1210. The van der Waals surface area contributed by atoms with E-state index in [1.54, 1.807) is 13.2 Å². The summed E-state index contributed by atoms with van der Waals surface area (Å²) < 4.78 is 11.6. The molecule has 2 heterocycles. The summed E-state index contributed by atoms with van der Waals surface area (Å²) in [5, 5.41) is 1.50. The predicted molar refractivity (Wildman–Crippen MR) is 115 cm³/mol. The smallest absolute Gasteiger partial charge is 0.252 e. The molecule has 0 radical (unpaired) electrons. The summed E-state index contributed by atoms with van der Waals surface area (Å²) in [6.07, 6.45) is 1.65. The van der Waals surface area contributed by atoms with Crippen LogP contribution < -0.4 is 5.56 Å². The summed E-state index contributed by atoms with van der Waals surface area (Å²) in [6, 6.07) is 13.0. The van der Waals surface area contributed by atoms with Crippen LogP contribution in [-0.4, -0.2) is 20.4 Å². The fraction of sp³-hybridized carbons (Fsp3) is 0.190. The molecule has 2 aromatic heterocycles. The van der Waals surface area contributed by atoms with Gasteiger partial charge in [0.15, 0.2) is 0 Å². The highest BCUT2D eigenvalue weighted by Gasteiger charge is 2.16. The maximum Gasteiger partial charge on any atom is 0.252 e. The van der Waals surface area contributed by atoms with E-state index in [1.807, 2.05) is 56.3 Å². The summed E-state index contributed by atoms with van der Waals surface area (Å²) in [4.78, 5) is 19.6. The Morgan fingerprint density at radius 2 is 1.63 bits per heavy atom. The molecule has 4 rings (SSSR count). The van der Waals surface area contributed by atoms with Gasteiger partial charge < -0.3 is 9.97 Å². The molecule has 6 heteroatoms. The van der Waals surface area contributed by atoms with Crippen molar-refractivity contribution >= 4 is 44.3 Å². The highest BCUT2D eigenvalue weighted by Crippen LogP contribution is 2.34. The van der Waals surface area contributed by atoms with Crippen molar-refractivity contribution in [3.63, 3.8) is 0 Å². The fourth-order valence-electron chi connectivity index (χ4n) is 3.16. The summed E-state index contributed by atoms with van der Waals surface area (Å²) in [5.74, 6) is 0. The Morgan fingerprint density at radius 1 is 0.963 bits per heavy atom. The van der Waals surface area contributed by atoms with Crippen LogP contribution in [0, 0.1) is 6.92 Å². The third-order valence-electron chi connectivity index (χ3n) is 4.44. The van der Waals surface area contributed by atoms with Gasteiger partial charge in [-0.2, -0.15) is 0 Å². The summed E-state index contributed by atoms with van der Waals surface area (Å²) in [7, 11) is -1.04. The molecule has 2 aromatic carbocycles. The minimum atomic E-state index is -1.04. The fourth-order valence-corrected chi connectivity index (χ4v) is 3.86. The molecule has 0 bridgehead atoms. The summed E-state index contributed by atoms with van der Waals surface area (Å²) in [5.41, 5.74) is 4.76. The number of pyridine rings is 1. The number of hydrogen-bond donors (Lipinski definition) is 2. The molecule has 1 unspecified atom stereocenters. The van der Waals surface area contributed by atoms with Crippen LogP contribution >= 0.6 is 11.6 Å². The van der Waals surface area contributed by atoms with E-state index in [2.05, 4.69) is 9.97 Å². The first-order valence-corrected chi connectivity index (χ1v) is 10.7. The van der Waals surface area contributed by atoms with Crippen LogP contribution in [0.2, 0.25) is 5.02 Å². The lowest BCUT2D eigenvalue weighted by Crippen LogP contribution is -2.10. The minimum absolute atomic E-state index is 0.133. The lowest BCUT2D eigenvalue weighted by Gasteiger charge is -2.08. The molecule has 0 aliphatic heterocycles. The molecule has 0 fully saturated rings. The standard InChI is InChI=1S/C19H15ClN2O2S.C2H6/c1-10-16(11-3-6-13(7-4-11)25(2)24)18-17(22-19(10)23)14-9-12(20)5-8-15(14)21-18;1-2/h3-9,21H,1-2H3,(H,22,23);1-2H3. The highest BCUT2D eigenvalue weighted by molar-refractivity contribution is 7.84. The Labute approximate surface area is 165 Å². The maximum absolute atomic E-state index is 12.5. The van der Waals surface area contributed by atoms with Crippen molar-refractivity contribution in [3.8, 4) is 11.1 Å². The third kappa shape index (κ3) is 3.45. The second-order valence-corrected chi connectivity index (χ2v) is 7.81. The van der Waals surface area contributed by atoms with Gasteiger partial charge >= 0.3 is 0 Å². The molecule has 1 atom stereocenters. The van der Waals surface area contributed by atoms with Gasteiger partial charge in [0.25, 0.3) is 5.56 Å². The van der Waals surface area contributed by atoms with Gasteiger partial charge in [-0.15, -0.1) is 0 Å². The van der Waals surface area contributed by atoms with E-state index in [-0.39, 0.29) is 5.56 Å². The number of fused-ring (bicyclic) bond motifs is 3. The Kier molecular flexibility index (Phi) is 5.53. The van der Waals surface area contributed by atoms with Crippen molar-refractivity contribution in [1.29, 1.82) is 0 Å². The topological polar surface area (TPSA) is 65.7 Å². The van der Waals surface area contributed by atoms with Crippen molar-refractivity contribution < 1.29 is 4.21 Å². The zero-order chi connectivity index (χ0) is 19.7. The van der Waals surface area contributed by atoms with Gasteiger partial charge in [0.1, 0.15) is 0 Å². The van der Waals surface area contributed by atoms with Crippen LogP contribution in [0.5, 0.6) is 0 Å². The van der Waals surface area contributed by atoms with Crippen LogP contribution in [0.4, 0.5) is 0 Å². The molecule has 0 aliphatic rings. The van der Waals surface area contributed by atoms with E-state index in [0.717, 1.165) is 38.0 Å². The maximum atomic E-state index is 12.5. The lowest BCUT2D eigenvalue weighted by atomic mass is 10.0. The Morgan fingerprint density at radius 3 is 2.26 bits per heavy atom. The average Bonchev–Trinajstić information content (AvgIpc) is 3.01. The van der Waals surface area contributed by atoms with Crippen molar-refractivity contribution in [3.05, 3.63) is 63.4 Å². The van der Waals surface area contributed by atoms with Crippen LogP contribution in [0.15, 0.2) is 52.2 Å². The second-order valence-electron chi connectivity index (χ2n) is 6.00. The van der Waals surface area contributed by atoms with E-state index in [1.165, 1.54) is 0 Å². The van der Waals surface area contributed by atoms with E-state index in [9.17, 15) is 9.00 Å². The van der Waals surface area contributed by atoms with E-state index in [0.29, 0.717) is 10.6 Å². The van der Waals surface area contributed by atoms with Crippen LogP contribution in [-0.2, 0) is 10.8 Å². The van der Waals surface area contributed by atoms with Crippen molar-refractivity contribution in [1.82, 2.24) is 9.97 Å². The van der Waals surface area contributed by atoms with Crippen LogP contribution in [0.1, 0.15) is 19.4 Å². The number of benzene rings is 2. The normalized spacial score (nSPS) is 12.0. The van der Waals surface area contributed by atoms with Gasteiger partial charge in [-0.25, -0.2) is 0 Å². The van der Waals surface area contributed by atoms with E-state index in [4.69, 9.17) is 11.6 Å². The number of H-pyrrole nitrogens is 2. The molecule has 4 nitrogen and oxygen atoms in total. The molecular formula is C21H21ClN2O2S. The monoisotopic (exact) mass is 400 g/mol. The third-order valence-corrected chi connectivity index (χ3v) is 5.61. The molecule has 4 aromatic rings. The van der Waals surface area contributed by atoms with E-state index < -0.39 is 10.8 Å². The number of hydrogen-bond acceptors (Lipinski definition) is 2. The molecule has 0 saturated carbocycles. The lowest BCUT2D eigenvalue weighted by molar-refractivity contribution is 0.687. The number of aromatic nitrogens is 2. The molecule has 2 N–H and O–H groups in total. The van der Waals surface area contributed by atoms with Gasteiger partial charge in [-0.1, -0.05) is 37.6 Å². The zero-order valence-electron chi connectivity index (χ0n) is 15.6. The van der Waals surface area contributed by atoms with E-state index >= 15 is 0 Å². The summed E-state index contributed by atoms with van der Waals surface area (Å²) in [6.45, 7) is 5.80. The number of aromatic amines is 2. The quantitative estimate of drug-likeness (QED) is 0.473. The molecular weight excluding hydrogens is 380 g/mol. The first kappa shape index (κ1) is 19.4. The van der Waals surface area contributed by atoms with Gasteiger partial charge in [-0.3, -0.25) is 9.00 Å². The molecule has 27 heavy (non-hydrogen) atoms. The Hall–Kier alpha value is -2.37. The number of rotatable bonds is 2. The highest BCUT2D eigenvalue weighted by atomic mass is 35.5. The molecule has 0 saturated heterocycles. The Balaban J connectivity index is 0.00000102. The number of halogens is 1. The first-order valence-electron chi connectivity index (χ1n) is 8.73. The SMILES string of the molecule is CC.Cc1c(-c2ccc(S(C)=O)cc2)c2[nH]c3ccc(Cl)cc3c2[nH]c1=O. The largest absolute Gasteiger partial charge is 0.353 e. The molecule has 140 valence electrons. The summed E-state index contributed by atoms with van der Waals surface area (Å²) >= 11 is 6.12. The molecule has 0 aliphatic carbocycles. The van der Waals surface area contributed by atoms with Gasteiger partial charge in [-0.05, 0) is 42.8 Å². The van der Waals surface area contributed by atoms with Crippen molar-refractivity contribution in [2.75, 3.05) is 6.26 Å². The van der Waals surface area contributed by atoms with Gasteiger partial charge in [0, 0.05) is 49.0 Å². The first-order chi connectivity index (χ1) is 13.0. The zero-order valence-corrected chi connectivity index (χ0v) is 17.2. The minimum Gasteiger partial charge on any atom is -0.353 e. The van der Waals surface area contributed by atoms with Gasteiger partial charge in [0.05, 0.1) is 11.0 Å². The van der Waals surface area contributed by atoms with Crippen molar-refractivity contribution in [2.45, 2.75) is 25.7 Å². The second kappa shape index (κ2) is 7.71. The van der Waals surface area contributed by atoms with Crippen LogP contribution in [0.25, 0.3) is 33.1 Å². The van der Waals surface area contributed by atoms with Crippen molar-refractivity contribution in [2.24, 2.45) is 0 Å². The average molecular weight is 401 g/mol.